The minimum Gasteiger partial charge on any atom is -0.507 e. The van der Waals surface area contributed by atoms with Crippen LogP contribution in [0.1, 0.15) is 0 Å². The first-order chi connectivity index (χ1) is 10.8. The van der Waals surface area contributed by atoms with Crippen LogP contribution in [-0.2, 0) is 14.8 Å². The quantitative estimate of drug-likeness (QED) is 0.683. The lowest BCUT2D eigenvalue weighted by molar-refractivity contribution is 0.187. The number of aromatic hydroxyl groups is 1. The second-order valence-electron chi connectivity index (χ2n) is 4.41. The van der Waals surface area contributed by atoms with Crippen LogP contribution in [0.15, 0.2) is 51.8 Å². The Morgan fingerprint density at radius 1 is 1.13 bits per heavy atom. The van der Waals surface area contributed by atoms with E-state index in [1.165, 1.54) is 49.6 Å². The van der Waals surface area contributed by atoms with Gasteiger partial charge in [-0.25, -0.2) is 13.2 Å². The fourth-order valence-electron chi connectivity index (χ4n) is 1.67. The number of carbonyl (C=O) groups is 1. The summed E-state index contributed by atoms with van der Waals surface area (Å²) in [6.07, 6.45) is -0.646. The first-order valence-electron chi connectivity index (χ1n) is 6.28. The standard InChI is InChI=1S/C14H13BrN2O5S/c1-22-14(19)16-9-2-5-11(6-3-9)23(20,21)17-10-4-7-13(18)12(15)8-10/h2-8,17-18H,1H3,(H,16,19). The van der Waals surface area contributed by atoms with Crippen LogP contribution in [0.4, 0.5) is 16.2 Å². The van der Waals surface area contributed by atoms with Crippen molar-refractivity contribution in [1.29, 1.82) is 0 Å². The molecule has 0 radical (unpaired) electrons. The van der Waals surface area contributed by atoms with Crippen molar-refractivity contribution in [3.8, 4) is 5.75 Å². The summed E-state index contributed by atoms with van der Waals surface area (Å²) in [5.41, 5.74) is 0.703. The van der Waals surface area contributed by atoms with Crippen molar-refractivity contribution in [2.45, 2.75) is 4.90 Å². The summed E-state index contributed by atoms with van der Waals surface area (Å²) in [5.74, 6) is 0.00573. The maximum Gasteiger partial charge on any atom is 0.411 e. The summed E-state index contributed by atoms with van der Waals surface area (Å²) >= 11 is 3.11. The van der Waals surface area contributed by atoms with E-state index in [2.05, 4.69) is 30.7 Å². The number of amides is 1. The maximum atomic E-state index is 12.3. The van der Waals surface area contributed by atoms with Gasteiger partial charge in [-0.05, 0) is 58.4 Å². The Kier molecular flexibility index (Phi) is 5.12. The van der Waals surface area contributed by atoms with Crippen LogP contribution in [0, 0.1) is 0 Å². The second-order valence-corrected chi connectivity index (χ2v) is 6.95. The first-order valence-corrected chi connectivity index (χ1v) is 8.56. The summed E-state index contributed by atoms with van der Waals surface area (Å²) in [5, 5.41) is 11.8. The largest absolute Gasteiger partial charge is 0.507 e. The topological polar surface area (TPSA) is 105 Å². The van der Waals surface area contributed by atoms with Gasteiger partial charge in [0.15, 0.2) is 0 Å². The fourth-order valence-corrected chi connectivity index (χ4v) is 3.10. The first kappa shape index (κ1) is 17.1. The van der Waals surface area contributed by atoms with Crippen molar-refractivity contribution in [1.82, 2.24) is 0 Å². The van der Waals surface area contributed by atoms with Gasteiger partial charge in [0, 0.05) is 5.69 Å². The predicted octanol–water partition coefficient (Wildman–Crippen LogP) is 3.13. The molecule has 0 aliphatic carbocycles. The van der Waals surface area contributed by atoms with Gasteiger partial charge in [-0.15, -0.1) is 0 Å². The molecule has 0 aromatic heterocycles. The van der Waals surface area contributed by atoms with Gasteiger partial charge in [0.1, 0.15) is 5.75 Å². The molecule has 2 aromatic carbocycles. The number of sulfonamides is 1. The van der Waals surface area contributed by atoms with E-state index in [1.54, 1.807) is 0 Å². The van der Waals surface area contributed by atoms with Crippen molar-refractivity contribution in [3.05, 3.63) is 46.9 Å². The number of hydrogen-bond acceptors (Lipinski definition) is 5. The third kappa shape index (κ3) is 4.36. The molecule has 0 atom stereocenters. The minimum absolute atomic E-state index is 0.00573. The summed E-state index contributed by atoms with van der Waals surface area (Å²) in [6, 6.07) is 9.83. The molecule has 2 aromatic rings. The number of carbonyl (C=O) groups excluding carboxylic acids is 1. The summed E-state index contributed by atoms with van der Waals surface area (Å²) in [6.45, 7) is 0. The Morgan fingerprint density at radius 3 is 2.30 bits per heavy atom. The zero-order chi connectivity index (χ0) is 17.0. The fraction of sp³-hybridized carbons (Fsp3) is 0.0714. The van der Waals surface area contributed by atoms with Gasteiger partial charge in [-0.2, -0.15) is 0 Å². The molecule has 1 amide bonds. The minimum atomic E-state index is -3.79. The number of halogens is 1. The molecule has 2 rings (SSSR count). The summed E-state index contributed by atoms with van der Waals surface area (Å²) < 4.78 is 31.8. The number of hydrogen-bond donors (Lipinski definition) is 3. The lowest BCUT2D eigenvalue weighted by atomic mass is 10.3. The summed E-state index contributed by atoms with van der Waals surface area (Å²) in [4.78, 5) is 11.1. The van der Waals surface area contributed by atoms with E-state index in [0.717, 1.165) is 0 Å². The Hall–Kier alpha value is -2.26. The van der Waals surface area contributed by atoms with Crippen LogP contribution >= 0.6 is 15.9 Å². The highest BCUT2D eigenvalue weighted by Gasteiger charge is 2.15. The zero-order valence-electron chi connectivity index (χ0n) is 11.9. The van der Waals surface area contributed by atoms with Crippen molar-refractivity contribution < 1.29 is 23.1 Å². The van der Waals surface area contributed by atoms with E-state index in [1.807, 2.05) is 0 Å². The molecule has 0 saturated carbocycles. The van der Waals surface area contributed by atoms with Gasteiger partial charge >= 0.3 is 6.09 Å². The Labute approximate surface area is 141 Å². The van der Waals surface area contributed by atoms with E-state index in [4.69, 9.17) is 0 Å². The van der Waals surface area contributed by atoms with Gasteiger partial charge in [0.05, 0.1) is 22.2 Å². The van der Waals surface area contributed by atoms with Gasteiger partial charge in [-0.3, -0.25) is 10.0 Å². The molecule has 0 aliphatic rings. The molecule has 0 heterocycles. The SMILES string of the molecule is COC(=O)Nc1ccc(S(=O)(=O)Nc2ccc(O)c(Br)c2)cc1. The van der Waals surface area contributed by atoms with Crippen LogP contribution < -0.4 is 10.0 Å². The molecule has 7 nitrogen and oxygen atoms in total. The molecule has 122 valence electrons. The molecule has 0 aliphatic heterocycles. The van der Waals surface area contributed by atoms with Gasteiger partial charge in [-0.1, -0.05) is 0 Å². The smallest absolute Gasteiger partial charge is 0.411 e. The van der Waals surface area contributed by atoms with Crippen LogP contribution in [0.2, 0.25) is 0 Å². The number of rotatable bonds is 4. The third-order valence-corrected chi connectivity index (χ3v) is 4.83. The van der Waals surface area contributed by atoms with Crippen LogP contribution in [0.5, 0.6) is 5.75 Å². The number of methoxy groups -OCH3 is 1. The Bertz CT molecular complexity index is 822. The maximum absolute atomic E-state index is 12.3. The lowest BCUT2D eigenvalue weighted by Gasteiger charge is -2.10. The number of nitrogens with one attached hydrogen (secondary N) is 2. The van der Waals surface area contributed by atoms with E-state index in [-0.39, 0.29) is 10.6 Å². The average Bonchev–Trinajstić information content (AvgIpc) is 2.51. The highest BCUT2D eigenvalue weighted by Crippen LogP contribution is 2.28. The average molecular weight is 401 g/mol. The van der Waals surface area contributed by atoms with E-state index < -0.39 is 16.1 Å². The van der Waals surface area contributed by atoms with Gasteiger partial charge in [0.2, 0.25) is 0 Å². The highest BCUT2D eigenvalue weighted by atomic mass is 79.9. The van der Waals surface area contributed by atoms with Crippen LogP contribution in [0.25, 0.3) is 0 Å². The monoisotopic (exact) mass is 400 g/mol. The van der Waals surface area contributed by atoms with Crippen LogP contribution in [-0.4, -0.2) is 26.7 Å². The molecular weight excluding hydrogens is 388 g/mol. The number of phenolic OH excluding ortho intramolecular Hbond substituents is 1. The molecular formula is C14H13BrN2O5S. The number of benzene rings is 2. The van der Waals surface area contributed by atoms with Crippen LogP contribution in [0.3, 0.4) is 0 Å². The summed E-state index contributed by atoms with van der Waals surface area (Å²) in [7, 11) is -2.56. The lowest BCUT2D eigenvalue weighted by Crippen LogP contribution is -2.14. The molecule has 0 saturated heterocycles. The molecule has 3 N–H and O–H groups in total. The van der Waals surface area contributed by atoms with Crippen molar-refractivity contribution >= 4 is 43.4 Å². The van der Waals surface area contributed by atoms with E-state index >= 15 is 0 Å². The second kappa shape index (κ2) is 6.88. The molecule has 9 heteroatoms. The number of phenols is 1. The normalized spacial score (nSPS) is 10.9. The van der Waals surface area contributed by atoms with Crippen molar-refractivity contribution in [3.63, 3.8) is 0 Å². The predicted molar refractivity (Wildman–Crippen MR) is 89.1 cm³/mol. The van der Waals surface area contributed by atoms with Crippen molar-refractivity contribution in [2.24, 2.45) is 0 Å². The van der Waals surface area contributed by atoms with Gasteiger partial charge in [0.25, 0.3) is 10.0 Å². The van der Waals surface area contributed by atoms with Crippen molar-refractivity contribution in [2.75, 3.05) is 17.1 Å². The Balaban J connectivity index is 2.18. The van der Waals surface area contributed by atoms with E-state index in [9.17, 15) is 18.3 Å². The molecule has 0 unspecified atom stereocenters. The third-order valence-electron chi connectivity index (χ3n) is 2.80. The van der Waals surface area contributed by atoms with E-state index in [0.29, 0.717) is 15.8 Å². The molecule has 0 spiro atoms. The zero-order valence-corrected chi connectivity index (χ0v) is 14.3. The molecule has 23 heavy (non-hydrogen) atoms. The Morgan fingerprint density at radius 2 is 1.74 bits per heavy atom. The number of ether oxygens (including phenoxy) is 1. The highest BCUT2D eigenvalue weighted by molar-refractivity contribution is 9.10. The number of anilines is 2. The van der Waals surface area contributed by atoms with Gasteiger partial charge < -0.3 is 9.84 Å². The molecule has 0 bridgehead atoms. The molecule has 0 fully saturated rings.